The first-order valence-electron chi connectivity index (χ1n) is 5.06. The average molecular weight is 232 g/mol. The molecule has 0 aliphatic carbocycles. The Labute approximate surface area is 98.0 Å². The second kappa shape index (κ2) is 5.11. The van der Waals surface area contributed by atoms with Crippen molar-refractivity contribution in [1.82, 2.24) is 20.1 Å². The third-order valence-corrected chi connectivity index (χ3v) is 2.16. The highest BCUT2D eigenvalue weighted by molar-refractivity contribution is 5.91. The van der Waals surface area contributed by atoms with Crippen molar-refractivity contribution in [3.05, 3.63) is 42.4 Å². The zero-order chi connectivity index (χ0) is 12.1. The largest absolute Gasteiger partial charge is 0.465 e. The van der Waals surface area contributed by atoms with E-state index in [0.717, 1.165) is 0 Å². The fourth-order valence-corrected chi connectivity index (χ4v) is 1.28. The molecule has 0 aliphatic rings. The summed E-state index contributed by atoms with van der Waals surface area (Å²) in [5.41, 5.74) is 0. The summed E-state index contributed by atoms with van der Waals surface area (Å²) in [6.45, 7) is 0.390. The van der Waals surface area contributed by atoms with Gasteiger partial charge in [0.25, 0.3) is 0 Å². The van der Waals surface area contributed by atoms with Crippen LogP contribution in [0.4, 0.5) is 0 Å². The van der Waals surface area contributed by atoms with Gasteiger partial charge in [0, 0.05) is 13.1 Å². The Morgan fingerprint density at radius 3 is 3.18 bits per heavy atom. The molecule has 0 radical (unpaired) electrons. The Morgan fingerprint density at radius 1 is 1.65 bits per heavy atom. The number of aromatic amines is 1. The molecule has 0 bridgehead atoms. The van der Waals surface area contributed by atoms with Gasteiger partial charge < -0.3 is 9.32 Å². The maximum atomic E-state index is 11.7. The topological polar surface area (TPSA) is 75.0 Å². The lowest BCUT2D eigenvalue weighted by Gasteiger charge is -2.12. The van der Waals surface area contributed by atoms with Crippen LogP contribution in [-0.4, -0.2) is 33.0 Å². The number of nitrogens with zero attached hydrogens (tertiary/aromatic N) is 3. The molecule has 0 aromatic carbocycles. The SMILES string of the molecule is CN(Cc1ncn[nH]1)C(=O)C=Cc1ccco1. The quantitative estimate of drug-likeness (QED) is 0.800. The average Bonchev–Trinajstić information content (AvgIpc) is 2.98. The highest BCUT2D eigenvalue weighted by atomic mass is 16.3. The molecule has 0 spiro atoms. The van der Waals surface area contributed by atoms with Crippen LogP contribution in [0.2, 0.25) is 0 Å². The number of furan rings is 1. The fourth-order valence-electron chi connectivity index (χ4n) is 1.28. The van der Waals surface area contributed by atoms with Crippen LogP contribution in [-0.2, 0) is 11.3 Å². The van der Waals surface area contributed by atoms with Gasteiger partial charge in [-0.2, -0.15) is 5.10 Å². The lowest BCUT2D eigenvalue weighted by Crippen LogP contribution is -2.24. The van der Waals surface area contributed by atoms with Crippen molar-refractivity contribution >= 4 is 12.0 Å². The zero-order valence-corrected chi connectivity index (χ0v) is 9.33. The summed E-state index contributed by atoms with van der Waals surface area (Å²) >= 11 is 0. The Bertz CT molecular complexity index is 488. The van der Waals surface area contributed by atoms with Gasteiger partial charge in [-0.1, -0.05) is 0 Å². The smallest absolute Gasteiger partial charge is 0.246 e. The minimum atomic E-state index is -0.127. The number of nitrogens with one attached hydrogen (secondary N) is 1. The molecule has 0 atom stereocenters. The van der Waals surface area contributed by atoms with Crippen molar-refractivity contribution in [2.45, 2.75) is 6.54 Å². The van der Waals surface area contributed by atoms with Gasteiger partial charge in [0.1, 0.15) is 17.9 Å². The molecule has 2 rings (SSSR count). The number of carbonyl (C=O) groups excluding carboxylic acids is 1. The van der Waals surface area contributed by atoms with Crippen molar-refractivity contribution in [3.8, 4) is 0 Å². The molecule has 6 heteroatoms. The highest BCUT2D eigenvalue weighted by Crippen LogP contribution is 2.03. The first kappa shape index (κ1) is 11.1. The third-order valence-electron chi connectivity index (χ3n) is 2.16. The second-order valence-corrected chi connectivity index (χ2v) is 3.48. The van der Waals surface area contributed by atoms with Crippen LogP contribution in [0.3, 0.4) is 0 Å². The van der Waals surface area contributed by atoms with E-state index in [4.69, 9.17) is 4.42 Å². The highest BCUT2D eigenvalue weighted by Gasteiger charge is 2.07. The summed E-state index contributed by atoms with van der Waals surface area (Å²) < 4.78 is 5.08. The summed E-state index contributed by atoms with van der Waals surface area (Å²) in [5.74, 6) is 1.16. The molecule has 0 fully saturated rings. The molecule has 0 saturated carbocycles. The first-order valence-corrected chi connectivity index (χ1v) is 5.06. The summed E-state index contributed by atoms with van der Waals surface area (Å²) in [7, 11) is 1.69. The number of aromatic nitrogens is 3. The third kappa shape index (κ3) is 3.04. The van der Waals surface area contributed by atoms with Gasteiger partial charge in [-0.3, -0.25) is 9.89 Å². The summed E-state index contributed by atoms with van der Waals surface area (Å²) in [6, 6.07) is 3.54. The van der Waals surface area contributed by atoms with Crippen LogP contribution < -0.4 is 0 Å². The number of amides is 1. The van der Waals surface area contributed by atoms with E-state index in [1.807, 2.05) is 0 Å². The number of likely N-dealkylation sites (N-methyl/N-ethyl adjacent to an activating group) is 1. The molecule has 17 heavy (non-hydrogen) atoms. The minimum absolute atomic E-state index is 0.127. The van der Waals surface area contributed by atoms with Crippen LogP contribution in [0.1, 0.15) is 11.6 Å². The van der Waals surface area contributed by atoms with E-state index in [1.54, 1.807) is 31.5 Å². The molecule has 88 valence electrons. The maximum Gasteiger partial charge on any atom is 0.246 e. The van der Waals surface area contributed by atoms with Gasteiger partial charge in [0.05, 0.1) is 12.8 Å². The number of hydrogen-bond donors (Lipinski definition) is 1. The van der Waals surface area contributed by atoms with Gasteiger partial charge in [-0.25, -0.2) is 4.98 Å². The van der Waals surface area contributed by atoms with E-state index in [-0.39, 0.29) is 5.91 Å². The predicted octanol–water partition coefficient (Wildman–Crippen LogP) is 1.07. The Morgan fingerprint density at radius 2 is 2.53 bits per heavy atom. The fraction of sp³-hybridized carbons (Fsp3) is 0.182. The van der Waals surface area contributed by atoms with Crippen molar-refractivity contribution in [3.63, 3.8) is 0 Å². The van der Waals surface area contributed by atoms with Crippen molar-refractivity contribution in [1.29, 1.82) is 0 Å². The van der Waals surface area contributed by atoms with Crippen molar-refractivity contribution in [2.24, 2.45) is 0 Å². The number of H-pyrrole nitrogens is 1. The van der Waals surface area contributed by atoms with Crippen LogP contribution in [0.25, 0.3) is 6.08 Å². The van der Waals surface area contributed by atoms with E-state index in [1.165, 1.54) is 17.3 Å². The minimum Gasteiger partial charge on any atom is -0.465 e. The van der Waals surface area contributed by atoms with Gasteiger partial charge in [-0.05, 0) is 18.2 Å². The van der Waals surface area contributed by atoms with Crippen molar-refractivity contribution in [2.75, 3.05) is 7.05 Å². The van der Waals surface area contributed by atoms with Gasteiger partial charge >= 0.3 is 0 Å². The van der Waals surface area contributed by atoms with E-state index >= 15 is 0 Å². The summed E-state index contributed by atoms with van der Waals surface area (Å²) in [4.78, 5) is 17.2. The summed E-state index contributed by atoms with van der Waals surface area (Å²) in [5, 5.41) is 6.41. The monoisotopic (exact) mass is 232 g/mol. The van der Waals surface area contributed by atoms with Crippen LogP contribution in [0, 0.1) is 0 Å². The van der Waals surface area contributed by atoms with E-state index < -0.39 is 0 Å². The molecule has 6 nitrogen and oxygen atoms in total. The predicted molar refractivity (Wildman–Crippen MR) is 60.6 cm³/mol. The van der Waals surface area contributed by atoms with E-state index in [0.29, 0.717) is 18.1 Å². The van der Waals surface area contributed by atoms with E-state index in [2.05, 4.69) is 15.2 Å². The molecule has 2 aromatic rings. The Balaban J connectivity index is 1.91. The Hall–Kier alpha value is -2.37. The molecule has 2 aromatic heterocycles. The summed E-state index contributed by atoms with van der Waals surface area (Å²) in [6.07, 6.45) is 6.04. The lowest BCUT2D eigenvalue weighted by molar-refractivity contribution is -0.125. The molecule has 0 saturated heterocycles. The first-order chi connectivity index (χ1) is 8.25. The number of carbonyl (C=O) groups is 1. The van der Waals surface area contributed by atoms with Crippen LogP contribution in [0.5, 0.6) is 0 Å². The number of hydrogen-bond acceptors (Lipinski definition) is 4. The van der Waals surface area contributed by atoms with Gasteiger partial charge in [-0.15, -0.1) is 0 Å². The van der Waals surface area contributed by atoms with Gasteiger partial charge in [0.2, 0.25) is 5.91 Å². The molecule has 1 N–H and O–H groups in total. The second-order valence-electron chi connectivity index (χ2n) is 3.48. The maximum absolute atomic E-state index is 11.7. The lowest BCUT2D eigenvalue weighted by atomic mass is 10.3. The zero-order valence-electron chi connectivity index (χ0n) is 9.33. The molecule has 2 heterocycles. The molecule has 1 amide bonds. The van der Waals surface area contributed by atoms with Crippen LogP contribution >= 0.6 is 0 Å². The molecule has 0 unspecified atom stereocenters. The van der Waals surface area contributed by atoms with E-state index in [9.17, 15) is 4.79 Å². The number of rotatable bonds is 4. The van der Waals surface area contributed by atoms with Crippen LogP contribution in [0.15, 0.2) is 35.2 Å². The normalized spacial score (nSPS) is 10.9. The molecular weight excluding hydrogens is 220 g/mol. The standard InChI is InChI=1S/C11H12N4O2/c1-15(7-10-12-8-13-14-10)11(16)5-4-9-3-2-6-17-9/h2-6,8H,7H2,1H3,(H,12,13,14). The Kier molecular flexibility index (Phi) is 3.34. The van der Waals surface area contributed by atoms with Gasteiger partial charge in [0.15, 0.2) is 0 Å². The molecular formula is C11H12N4O2. The van der Waals surface area contributed by atoms with Crippen molar-refractivity contribution < 1.29 is 9.21 Å². The molecule has 0 aliphatic heterocycles.